The highest BCUT2D eigenvalue weighted by Crippen LogP contribution is 2.42. The fourth-order valence-electron chi connectivity index (χ4n) is 1.41. The molecule has 0 amide bonds. The van der Waals surface area contributed by atoms with Crippen molar-refractivity contribution >= 4 is 46.4 Å². The first-order valence-corrected chi connectivity index (χ1v) is 5.96. The first-order valence-electron chi connectivity index (χ1n) is 4.45. The van der Waals surface area contributed by atoms with Gasteiger partial charge in [0.25, 0.3) is 0 Å². The Balaban J connectivity index is 2.82. The van der Waals surface area contributed by atoms with Crippen molar-refractivity contribution in [2.75, 3.05) is 0 Å². The van der Waals surface area contributed by atoms with E-state index >= 15 is 0 Å². The van der Waals surface area contributed by atoms with Gasteiger partial charge in [-0.3, -0.25) is 4.98 Å². The fourth-order valence-corrected chi connectivity index (χ4v) is 2.36. The molecule has 0 aliphatic carbocycles. The molecule has 2 aromatic rings. The summed E-state index contributed by atoms with van der Waals surface area (Å²) in [6.45, 7) is 0. The second-order valence-electron chi connectivity index (χ2n) is 3.20. The number of halogens is 5. The molecule has 0 fully saturated rings. The third kappa shape index (κ3) is 2.36. The van der Waals surface area contributed by atoms with Crippen LogP contribution in [0.15, 0.2) is 24.5 Å². The SMILES string of the molecule is Fc1cncc(Cl)c1-c1c(Cl)ccc(Cl)c1Cl. The van der Waals surface area contributed by atoms with Gasteiger partial charge in [0.15, 0.2) is 5.82 Å². The molecule has 88 valence electrons. The van der Waals surface area contributed by atoms with Gasteiger partial charge in [0.1, 0.15) is 0 Å². The van der Waals surface area contributed by atoms with E-state index in [2.05, 4.69) is 4.98 Å². The van der Waals surface area contributed by atoms with Crippen molar-refractivity contribution < 1.29 is 4.39 Å². The standard InChI is InChI=1S/C11H4Cl4FN/c12-5-1-2-6(13)11(15)10(5)9-7(14)3-17-4-8(9)16/h1-4H. The fraction of sp³-hybridized carbons (Fsp3) is 0. The monoisotopic (exact) mass is 309 g/mol. The number of nitrogens with zero attached hydrogens (tertiary/aromatic N) is 1. The Morgan fingerprint density at radius 3 is 2.12 bits per heavy atom. The molecule has 0 bridgehead atoms. The summed E-state index contributed by atoms with van der Waals surface area (Å²) >= 11 is 23.8. The van der Waals surface area contributed by atoms with E-state index in [1.165, 1.54) is 18.3 Å². The zero-order chi connectivity index (χ0) is 12.6. The van der Waals surface area contributed by atoms with Gasteiger partial charge in [-0.25, -0.2) is 4.39 Å². The molecule has 0 N–H and O–H groups in total. The molecule has 2 rings (SSSR count). The van der Waals surface area contributed by atoms with E-state index in [1.807, 2.05) is 0 Å². The number of aromatic nitrogens is 1. The highest BCUT2D eigenvalue weighted by Gasteiger charge is 2.18. The number of rotatable bonds is 1. The summed E-state index contributed by atoms with van der Waals surface area (Å²) in [5.74, 6) is -0.608. The van der Waals surface area contributed by atoms with Crippen LogP contribution in [0.25, 0.3) is 11.1 Å². The van der Waals surface area contributed by atoms with Gasteiger partial charge in [-0.05, 0) is 12.1 Å². The minimum absolute atomic E-state index is 0.0965. The summed E-state index contributed by atoms with van der Waals surface area (Å²) in [6, 6.07) is 3.06. The smallest absolute Gasteiger partial charge is 0.150 e. The van der Waals surface area contributed by atoms with Crippen LogP contribution < -0.4 is 0 Å². The lowest BCUT2D eigenvalue weighted by atomic mass is 10.1. The highest BCUT2D eigenvalue weighted by molar-refractivity contribution is 6.46. The first kappa shape index (κ1) is 12.9. The third-order valence-corrected chi connectivity index (χ3v) is 3.55. The molecule has 0 atom stereocenters. The molecule has 0 unspecified atom stereocenters. The number of hydrogen-bond donors (Lipinski definition) is 0. The average molecular weight is 311 g/mol. The van der Waals surface area contributed by atoms with Gasteiger partial charge in [-0.1, -0.05) is 46.4 Å². The molecule has 17 heavy (non-hydrogen) atoms. The van der Waals surface area contributed by atoms with Crippen LogP contribution >= 0.6 is 46.4 Å². The van der Waals surface area contributed by atoms with Gasteiger partial charge in [0.05, 0.1) is 26.3 Å². The molecule has 0 saturated carbocycles. The molecular weight excluding hydrogens is 307 g/mol. The summed E-state index contributed by atoms with van der Waals surface area (Å²) in [4.78, 5) is 3.63. The predicted molar refractivity (Wildman–Crippen MR) is 69.7 cm³/mol. The van der Waals surface area contributed by atoms with Gasteiger partial charge in [-0.2, -0.15) is 0 Å². The Morgan fingerprint density at radius 1 is 0.824 bits per heavy atom. The molecule has 0 aliphatic rings. The molecule has 6 heteroatoms. The Morgan fingerprint density at radius 2 is 1.47 bits per heavy atom. The summed E-state index contributed by atoms with van der Waals surface area (Å²) in [5, 5.41) is 0.826. The van der Waals surface area contributed by atoms with E-state index in [-0.39, 0.29) is 31.2 Å². The molecule has 0 spiro atoms. The van der Waals surface area contributed by atoms with Crippen molar-refractivity contribution in [1.82, 2.24) is 4.98 Å². The zero-order valence-electron chi connectivity index (χ0n) is 8.15. The molecule has 0 radical (unpaired) electrons. The Labute approximate surface area is 117 Å². The van der Waals surface area contributed by atoms with Crippen LogP contribution in [0, 0.1) is 5.82 Å². The summed E-state index contributed by atoms with van der Waals surface area (Å²) < 4.78 is 13.7. The summed E-state index contributed by atoms with van der Waals surface area (Å²) in [6.07, 6.45) is 2.35. The van der Waals surface area contributed by atoms with Crippen molar-refractivity contribution in [1.29, 1.82) is 0 Å². The molecule has 0 aliphatic heterocycles. The van der Waals surface area contributed by atoms with Crippen molar-refractivity contribution in [2.45, 2.75) is 0 Å². The van der Waals surface area contributed by atoms with E-state index in [9.17, 15) is 4.39 Å². The minimum atomic E-state index is -0.608. The maximum absolute atomic E-state index is 13.7. The second-order valence-corrected chi connectivity index (χ2v) is 4.80. The molecule has 1 aromatic carbocycles. The number of benzene rings is 1. The van der Waals surface area contributed by atoms with E-state index in [1.54, 1.807) is 0 Å². The normalized spacial score (nSPS) is 10.6. The zero-order valence-corrected chi connectivity index (χ0v) is 11.2. The van der Waals surface area contributed by atoms with Gasteiger partial charge >= 0.3 is 0 Å². The lowest BCUT2D eigenvalue weighted by Gasteiger charge is -2.10. The maximum Gasteiger partial charge on any atom is 0.150 e. The van der Waals surface area contributed by atoms with Crippen molar-refractivity contribution in [2.24, 2.45) is 0 Å². The van der Waals surface area contributed by atoms with Gasteiger partial charge < -0.3 is 0 Å². The van der Waals surface area contributed by atoms with Crippen molar-refractivity contribution in [3.8, 4) is 11.1 Å². The van der Waals surface area contributed by atoms with Crippen LogP contribution in [-0.4, -0.2) is 4.98 Å². The maximum atomic E-state index is 13.7. The molecule has 1 heterocycles. The quantitative estimate of drug-likeness (QED) is 0.634. The molecule has 1 aromatic heterocycles. The largest absolute Gasteiger partial charge is 0.260 e. The Bertz CT molecular complexity index is 566. The lowest BCUT2D eigenvalue weighted by molar-refractivity contribution is 0.625. The first-order chi connectivity index (χ1) is 8.02. The van der Waals surface area contributed by atoms with Crippen molar-refractivity contribution in [3.05, 3.63) is 50.4 Å². The van der Waals surface area contributed by atoms with E-state index in [0.29, 0.717) is 0 Å². The number of pyridine rings is 1. The van der Waals surface area contributed by atoms with E-state index in [4.69, 9.17) is 46.4 Å². The Hall–Kier alpha value is -0.540. The average Bonchev–Trinajstić information content (AvgIpc) is 2.28. The third-order valence-electron chi connectivity index (χ3n) is 2.15. The molecule has 1 nitrogen and oxygen atoms in total. The topological polar surface area (TPSA) is 12.9 Å². The summed E-state index contributed by atoms with van der Waals surface area (Å²) in [5.41, 5.74) is 0.366. The van der Waals surface area contributed by atoms with Gasteiger partial charge in [0, 0.05) is 17.3 Å². The van der Waals surface area contributed by atoms with Crippen molar-refractivity contribution in [3.63, 3.8) is 0 Å². The molecular formula is C11H4Cl4FN. The van der Waals surface area contributed by atoms with Gasteiger partial charge in [0.2, 0.25) is 0 Å². The van der Waals surface area contributed by atoms with Crippen LogP contribution in [0.1, 0.15) is 0 Å². The lowest BCUT2D eigenvalue weighted by Crippen LogP contribution is -1.90. The Kier molecular flexibility index (Phi) is 3.79. The van der Waals surface area contributed by atoms with Crippen LogP contribution in [-0.2, 0) is 0 Å². The van der Waals surface area contributed by atoms with Gasteiger partial charge in [-0.15, -0.1) is 0 Å². The molecule has 0 saturated heterocycles. The highest BCUT2D eigenvalue weighted by atomic mass is 35.5. The minimum Gasteiger partial charge on any atom is -0.260 e. The van der Waals surface area contributed by atoms with Crippen LogP contribution in [0.2, 0.25) is 20.1 Å². The van der Waals surface area contributed by atoms with Crippen LogP contribution in [0.5, 0.6) is 0 Å². The van der Waals surface area contributed by atoms with Crippen LogP contribution in [0.4, 0.5) is 4.39 Å². The van der Waals surface area contributed by atoms with E-state index < -0.39 is 5.82 Å². The second kappa shape index (κ2) is 4.99. The van der Waals surface area contributed by atoms with Crippen LogP contribution in [0.3, 0.4) is 0 Å². The summed E-state index contributed by atoms with van der Waals surface area (Å²) in [7, 11) is 0. The van der Waals surface area contributed by atoms with E-state index in [0.717, 1.165) is 6.20 Å². The predicted octanol–water partition coefficient (Wildman–Crippen LogP) is 5.50. The number of hydrogen-bond acceptors (Lipinski definition) is 1.